The van der Waals surface area contributed by atoms with Crippen LogP contribution in [0.3, 0.4) is 0 Å². The number of fused-ring (bicyclic) bond motifs is 6. The second-order valence-electron chi connectivity index (χ2n) is 9.15. The highest BCUT2D eigenvalue weighted by molar-refractivity contribution is 7.07. The second kappa shape index (κ2) is 8.03. The molecule has 2 aromatic carbocycles. The molecule has 0 unspecified atom stereocenters. The number of para-hydroxylation sites is 2. The van der Waals surface area contributed by atoms with Crippen molar-refractivity contribution in [3.8, 4) is 11.4 Å². The number of benzene rings is 2. The smallest absolute Gasteiger partial charge is 0.317 e. The van der Waals surface area contributed by atoms with Crippen LogP contribution in [-0.2, 0) is 9.53 Å². The standard InChI is InChI=1S/C27H24N4O4S/c1-15-19(16(2)31(29-15)17-10-6-5-7-11-17)14-21-24(32)30-23-18-12-8-9-13-20(18)35-27(3,28-26(30)36-21)22(23)25(33)34-4/h5-14,22-23H,1-4H3/b21-14+/t22-,23-,27-/m0/s1. The van der Waals surface area contributed by atoms with Gasteiger partial charge in [0.1, 0.15) is 11.7 Å². The zero-order valence-corrected chi connectivity index (χ0v) is 21.1. The van der Waals surface area contributed by atoms with Crippen LogP contribution in [0.25, 0.3) is 11.8 Å². The van der Waals surface area contributed by atoms with E-state index < -0.39 is 23.7 Å². The largest absolute Gasteiger partial charge is 0.469 e. The number of thiazole rings is 1. The van der Waals surface area contributed by atoms with Crippen molar-refractivity contribution >= 4 is 23.4 Å². The number of rotatable bonds is 3. The summed E-state index contributed by atoms with van der Waals surface area (Å²) in [6, 6.07) is 16.8. The van der Waals surface area contributed by atoms with Crippen molar-refractivity contribution in [2.24, 2.45) is 10.9 Å². The zero-order chi connectivity index (χ0) is 25.2. The van der Waals surface area contributed by atoms with E-state index in [-0.39, 0.29) is 5.56 Å². The maximum atomic E-state index is 13.9. The molecule has 3 atom stereocenters. The first-order valence-corrected chi connectivity index (χ1v) is 12.4. The second-order valence-corrected chi connectivity index (χ2v) is 10.2. The number of esters is 1. The van der Waals surface area contributed by atoms with Gasteiger partial charge in [0.05, 0.1) is 29.1 Å². The van der Waals surface area contributed by atoms with Gasteiger partial charge in [-0.2, -0.15) is 5.10 Å². The third-order valence-electron chi connectivity index (χ3n) is 6.96. The maximum absolute atomic E-state index is 13.9. The molecular weight excluding hydrogens is 476 g/mol. The number of methoxy groups -OCH3 is 1. The Morgan fingerprint density at radius 2 is 1.86 bits per heavy atom. The molecule has 4 aromatic rings. The lowest BCUT2D eigenvalue weighted by Crippen LogP contribution is -2.58. The Morgan fingerprint density at radius 1 is 1.14 bits per heavy atom. The molecule has 0 saturated heterocycles. The Morgan fingerprint density at radius 3 is 2.61 bits per heavy atom. The molecule has 0 radical (unpaired) electrons. The van der Waals surface area contributed by atoms with E-state index in [9.17, 15) is 9.59 Å². The van der Waals surface area contributed by atoms with Crippen molar-refractivity contribution in [3.63, 3.8) is 0 Å². The summed E-state index contributed by atoms with van der Waals surface area (Å²) in [4.78, 5) is 32.1. The molecule has 182 valence electrons. The molecule has 6 rings (SSSR count). The van der Waals surface area contributed by atoms with Gasteiger partial charge in [-0.25, -0.2) is 9.67 Å². The van der Waals surface area contributed by atoms with Gasteiger partial charge < -0.3 is 9.47 Å². The first kappa shape index (κ1) is 22.5. The summed E-state index contributed by atoms with van der Waals surface area (Å²) in [5.74, 6) is -0.653. The summed E-state index contributed by atoms with van der Waals surface area (Å²) in [7, 11) is 1.34. The molecule has 2 aromatic heterocycles. The molecule has 0 fully saturated rings. The van der Waals surface area contributed by atoms with Crippen LogP contribution in [0.1, 0.15) is 35.5 Å². The van der Waals surface area contributed by atoms with Crippen molar-refractivity contribution in [3.05, 3.63) is 96.8 Å². The van der Waals surface area contributed by atoms with E-state index >= 15 is 0 Å². The summed E-state index contributed by atoms with van der Waals surface area (Å²) >= 11 is 1.29. The molecule has 2 aliphatic rings. The quantitative estimate of drug-likeness (QED) is 0.404. The number of carbonyl (C=O) groups is 1. The molecule has 8 nitrogen and oxygen atoms in total. The van der Waals surface area contributed by atoms with E-state index in [1.54, 1.807) is 11.5 Å². The fourth-order valence-electron chi connectivity index (χ4n) is 5.25. The van der Waals surface area contributed by atoms with Gasteiger partial charge >= 0.3 is 5.97 Å². The van der Waals surface area contributed by atoms with Crippen LogP contribution in [0.2, 0.25) is 0 Å². The lowest BCUT2D eigenvalue weighted by molar-refractivity contribution is -0.158. The zero-order valence-electron chi connectivity index (χ0n) is 20.3. The van der Waals surface area contributed by atoms with Crippen LogP contribution in [0.5, 0.6) is 5.75 Å². The lowest BCUT2D eigenvalue weighted by Gasteiger charge is -2.44. The monoisotopic (exact) mass is 500 g/mol. The number of aryl methyl sites for hydroxylation is 1. The third kappa shape index (κ3) is 3.19. The summed E-state index contributed by atoms with van der Waals surface area (Å²) in [6.45, 7) is 5.69. The Labute approximate surface area is 210 Å². The molecule has 4 heterocycles. The summed E-state index contributed by atoms with van der Waals surface area (Å²) in [5.41, 5.74) is 2.94. The van der Waals surface area contributed by atoms with Gasteiger partial charge in [0.15, 0.2) is 4.80 Å². The minimum absolute atomic E-state index is 0.206. The molecule has 9 heteroatoms. The lowest BCUT2D eigenvalue weighted by atomic mass is 9.81. The number of ether oxygens (including phenoxy) is 2. The first-order valence-electron chi connectivity index (χ1n) is 11.6. The predicted molar refractivity (Wildman–Crippen MR) is 135 cm³/mol. The van der Waals surface area contributed by atoms with Crippen LogP contribution in [0, 0.1) is 19.8 Å². The van der Waals surface area contributed by atoms with E-state index in [0.29, 0.717) is 15.1 Å². The molecule has 0 spiro atoms. The summed E-state index contributed by atoms with van der Waals surface area (Å²) in [5, 5.41) is 4.71. The molecular formula is C27H24N4O4S. The number of hydrogen-bond donors (Lipinski definition) is 0. The van der Waals surface area contributed by atoms with Gasteiger partial charge in [0.2, 0.25) is 5.72 Å². The van der Waals surface area contributed by atoms with E-state index in [4.69, 9.17) is 19.6 Å². The fraction of sp³-hybridized carbons (Fsp3) is 0.259. The highest BCUT2D eigenvalue weighted by Gasteiger charge is 2.55. The number of carbonyl (C=O) groups excluding carboxylic acids is 1. The SMILES string of the molecule is COC(=O)[C@@H]1[C@@H]2c3ccccc3O[C@]1(C)N=c1s/c(=C/c3c(C)nn(-c4ccccc4)c3C)c(=O)n12. The highest BCUT2D eigenvalue weighted by atomic mass is 32.1. The van der Waals surface area contributed by atoms with Gasteiger partial charge in [-0.1, -0.05) is 47.7 Å². The fourth-order valence-corrected chi connectivity index (χ4v) is 6.33. The summed E-state index contributed by atoms with van der Waals surface area (Å²) in [6.07, 6.45) is 1.87. The van der Waals surface area contributed by atoms with Gasteiger partial charge in [-0.05, 0) is 45.0 Å². The first-order chi connectivity index (χ1) is 17.3. The van der Waals surface area contributed by atoms with E-state index in [1.807, 2.05) is 79.2 Å². The molecule has 2 aliphatic heterocycles. The van der Waals surface area contributed by atoms with Crippen molar-refractivity contribution in [2.75, 3.05) is 7.11 Å². The normalized spacial score (nSPS) is 22.3. The van der Waals surface area contributed by atoms with E-state index in [1.165, 1.54) is 18.4 Å². The van der Waals surface area contributed by atoms with Gasteiger partial charge in [0.25, 0.3) is 5.56 Å². The molecule has 0 amide bonds. The highest BCUT2D eigenvalue weighted by Crippen LogP contribution is 2.47. The van der Waals surface area contributed by atoms with Gasteiger partial charge in [-0.3, -0.25) is 14.2 Å². The van der Waals surface area contributed by atoms with E-state index in [2.05, 4.69) is 0 Å². The minimum atomic E-state index is -1.19. The Balaban J connectivity index is 1.58. The van der Waals surface area contributed by atoms with Crippen LogP contribution < -0.4 is 19.6 Å². The van der Waals surface area contributed by atoms with Crippen LogP contribution in [-0.4, -0.2) is 33.2 Å². The Kier molecular flexibility index (Phi) is 5.01. The predicted octanol–water partition coefficient (Wildman–Crippen LogP) is 2.66. The van der Waals surface area contributed by atoms with Crippen LogP contribution >= 0.6 is 11.3 Å². The van der Waals surface area contributed by atoms with Gasteiger partial charge in [0, 0.05) is 16.8 Å². The van der Waals surface area contributed by atoms with Crippen molar-refractivity contribution < 1.29 is 14.3 Å². The molecule has 2 bridgehead atoms. The topological polar surface area (TPSA) is 87.7 Å². The Hall–Kier alpha value is -3.98. The van der Waals surface area contributed by atoms with Crippen molar-refractivity contribution in [1.82, 2.24) is 14.3 Å². The van der Waals surface area contributed by atoms with Crippen molar-refractivity contribution in [2.45, 2.75) is 32.5 Å². The number of nitrogens with zero attached hydrogens (tertiary/aromatic N) is 4. The molecule has 0 saturated carbocycles. The maximum Gasteiger partial charge on any atom is 0.317 e. The average Bonchev–Trinajstić information content (AvgIpc) is 3.33. The Bertz CT molecular complexity index is 1700. The molecule has 0 N–H and O–H groups in total. The van der Waals surface area contributed by atoms with E-state index in [0.717, 1.165) is 28.2 Å². The van der Waals surface area contributed by atoms with Crippen LogP contribution in [0.15, 0.2) is 64.4 Å². The molecule has 0 aliphatic carbocycles. The summed E-state index contributed by atoms with van der Waals surface area (Å²) < 4.78 is 15.4. The average molecular weight is 501 g/mol. The van der Waals surface area contributed by atoms with Crippen molar-refractivity contribution in [1.29, 1.82) is 0 Å². The molecule has 36 heavy (non-hydrogen) atoms. The third-order valence-corrected chi connectivity index (χ3v) is 7.94. The number of hydrogen-bond acceptors (Lipinski definition) is 7. The number of aromatic nitrogens is 3. The minimum Gasteiger partial charge on any atom is -0.469 e. The van der Waals surface area contributed by atoms with Gasteiger partial charge in [-0.15, -0.1) is 0 Å². The van der Waals surface area contributed by atoms with Crippen LogP contribution in [0.4, 0.5) is 0 Å².